The van der Waals surface area contributed by atoms with Crippen molar-refractivity contribution in [1.82, 2.24) is 0 Å². The minimum atomic E-state index is 0.103. The van der Waals surface area contributed by atoms with Gasteiger partial charge >= 0.3 is 0 Å². The lowest BCUT2D eigenvalue weighted by atomic mass is 10.1. The van der Waals surface area contributed by atoms with Crippen molar-refractivity contribution in [2.45, 2.75) is 47.0 Å². The van der Waals surface area contributed by atoms with Gasteiger partial charge in [-0.25, -0.2) is 0 Å². The molecule has 1 heteroatoms. The molecule has 1 nitrogen and oxygen atoms in total. The molecule has 15 heavy (non-hydrogen) atoms. The van der Waals surface area contributed by atoms with Gasteiger partial charge in [-0.3, -0.25) is 4.79 Å². The molecule has 0 aliphatic carbocycles. The summed E-state index contributed by atoms with van der Waals surface area (Å²) >= 11 is 0. The van der Waals surface area contributed by atoms with E-state index >= 15 is 0 Å². The summed E-state index contributed by atoms with van der Waals surface area (Å²) in [6.45, 7) is 8.22. The zero-order valence-electron chi connectivity index (χ0n) is 10.3. The maximum atomic E-state index is 11.3. The standard InChI is InChI=1S/C14H22O/c1-5-6-10-14(15)11-13(4)9-7-8-12(2)3/h6,8,10-11H,5,7,9H2,1-4H3/b10-6+,13-11+. The lowest BCUT2D eigenvalue weighted by molar-refractivity contribution is -0.110. The molecule has 0 fully saturated rings. The van der Waals surface area contributed by atoms with Gasteiger partial charge in [0.2, 0.25) is 0 Å². The molecule has 0 unspecified atom stereocenters. The fourth-order valence-corrected chi connectivity index (χ4v) is 1.19. The third kappa shape index (κ3) is 9.20. The van der Waals surface area contributed by atoms with Crippen LogP contribution < -0.4 is 0 Å². The van der Waals surface area contributed by atoms with Gasteiger partial charge in [-0.15, -0.1) is 0 Å². The van der Waals surface area contributed by atoms with E-state index in [0.717, 1.165) is 24.8 Å². The van der Waals surface area contributed by atoms with Gasteiger partial charge in [0.05, 0.1) is 0 Å². The highest BCUT2D eigenvalue weighted by atomic mass is 16.1. The average Bonchev–Trinajstić information content (AvgIpc) is 2.14. The van der Waals surface area contributed by atoms with Gasteiger partial charge in [0.1, 0.15) is 0 Å². The second-order valence-electron chi connectivity index (χ2n) is 4.02. The molecular weight excluding hydrogens is 184 g/mol. The number of carbonyl (C=O) groups is 1. The van der Waals surface area contributed by atoms with Crippen LogP contribution in [-0.2, 0) is 4.79 Å². The Balaban J connectivity index is 4.03. The molecule has 0 saturated heterocycles. The van der Waals surface area contributed by atoms with Crippen LogP contribution in [-0.4, -0.2) is 5.78 Å². The van der Waals surface area contributed by atoms with Crippen molar-refractivity contribution >= 4 is 5.78 Å². The third-order valence-electron chi connectivity index (χ3n) is 2.00. The van der Waals surface area contributed by atoms with E-state index in [1.54, 1.807) is 12.2 Å². The lowest BCUT2D eigenvalue weighted by Gasteiger charge is -1.97. The number of rotatable bonds is 6. The Hall–Kier alpha value is -1.11. The highest BCUT2D eigenvalue weighted by Crippen LogP contribution is 2.06. The van der Waals surface area contributed by atoms with Crippen LogP contribution >= 0.6 is 0 Å². The van der Waals surface area contributed by atoms with E-state index in [9.17, 15) is 4.79 Å². The van der Waals surface area contributed by atoms with E-state index in [2.05, 4.69) is 19.9 Å². The van der Waals surface area contributed by atoms with Crippen molar-refractivity contribution in [3.8, 4) is 0 Å². The molecule has 0 heterocycles. The predicted octanol–water partition coefficient (Wildman–Crippen LogP) is 4.21. The molecule has 0 N–H and O–H groups in total. The van der Waals surface area contributed by atoms with Crippen molar-refractivity contribution in [3.63, 3.8) is 0 Å². The average molecular weight is 206 g/mol. The molecule has 0 aliphatic heterocycles. The van der Waals surface area contributed by atoms with Gasteiger partial charge in [0.25, 0.3) is 0 Å². The number of hydrogen-bond donors (Lipinski definition) is 0. The summed E-state index contributed by atoms with van der Waals surface area (Å²) in [5.41, 5.74) is 2.48. The summed E-state index contributed by atoms with van der Waals surface area (Å²) in [4.78, 5) is 11.3. The molecule has 0 aliphatic rings. The minimum absolute atomic E-state index is 0.103. The predicted molar refractivity (Wildman–Crippen MR) is 66.9 cm³/mol. The quantitative estimate of drug-likeness (QED) is 0.470. The second kappa shape index (κ2) is 8.22. The molecule has 84 valence electrons. The number of hydrogen-bond acceptors (Lipinski definition) is 1. The summed E-state index contributed by atoms with van der Waals surface area (Å²) < 4.78 is 0. The van der Waals surface area contributed by atoms with E-state index in [1.165, 1.54) is 5.57 Å². The number of ketones is 1. The maximum Gasteiger partial charge on any atom is 0.178 e. The smallest absolute Gasteiger partial charge is 0.178 e. The summed E-state index contributed by atoms with van der Waals surface area (Å²) in [5.74, 6) is 0.103. The fraction of sp³-hybridized carbons (Fsp3) is 0.500. The van der Waals surface area contributed by atoms with E-state index in [4.69, 9.17) is 0 Å². The number of allylic oxidation sites excluding steroid dienone is 6. The zero-order chi connectivity index (χ0) is 11.7. The maximum absolute atomic E-state index is 11.3. The highest BCUT2D eigenvalue weighted by Gasteiger charge is 1.93. The first-order valence-corrected chi connectivity index (χ1v) is 5.57. The molecule has 0 radical (unpaired) electrons. The van der Waals surface area contributed by atoms with E-state index in [1.807, 2.05) is 19.9 Å². The first-order chi connectivity index (χ1) is 7.06. The van der Waals surface area contributed by atoms with Crippen molar-refractivity contribution in [3.05, 3.63) is 35.5 Å². The molecule has 0 aromatic heterocycles. The second-order valence-corrected chi connectivity index (χ2v) is 4.02. The molecule has 0 aromatic carbocycles. The van der Waals surface area contributed by atoms with Crippen molar-refractivity contribution in [2.75, 3.05) is 0 Å². The molecule has 0 bridgehead atoms. The summed E-state index contributed by atoms with van der Waals surface area (Å²) in [6, 6.07) is 0. The van der Waals surface area contributed by atoms with Crippen LogP contribution in [0.2, 0.25) is 0 Å². The Kier molecular flexibility index (Phi) is 7.61. The first-order valence-electron chi connectivity index (χ1n) is 5.57. The molecule has 0 atom stereocenters. The van der Waals surface area contributed by atoms with E-state index in [-0.39, 0.29) is 5.78 Å². The Labute approximate surface area is 93.6 Å². The summed E-state index contributed by atoms with van der Waals surface area (Å²) in [7, 11) is 0. The van der Waals surface area contributed by atoms with Crippen LogP contribution in [0.25, 0.3) is 0 Å². The summed E-state index contributed by atoms with van der Waals surface area (Å²) in [5, 5.41) is 0. The van der Waals surface area contributed by atoms with Crippen LogP contribution in [0.1, 0.15) is 47.0 Å². The van der Waals surface area contributed by atoms with E-state index < -0.39 is 0 Å². The normalized spacial score (nSPS) is 11.9. The molecule has 0 saturated carbocycles. The lowest BCUT2D eigenvalue weighted by Crippen LogP contribution is -1.88. The Morgan fingerprint density at radius 2 is 1.87 bits per heavy atom. The van der Waals surface area contributed by atoms with Crippen LogP contribution in [0.5, 0.6) is 0 Å². The Morgan fingerprint density at radius 1 is 1.20 bits per heavy atom. The SMILES string of the molecule is CC/C=C/C(=O)/C=C(\C)CCC=C(C)C. The van der Waals surface area contributed by atoms with Crippen molar-refractivity contribution in [1.29, 1.82) is 0 Å². The molecule has 0 aromatic rings. The van der Waals surface area contributed by atoms with Crippen LogP contribution in [0.4, 0.5) is 0 Å². The van der Waals surface area contributed by atoms with Gasteiger partial charge < -0.3 is 0 Å². The molecule has 0 amide bonds. The fourth-order valence-electron chi connectivity index (χ4n) is 1.19. The minimum Gasteiger partial charge on any atom is -0.290 e. The monoisotopic (exact) mass is 206 g/mol. The number of carbonyl (C=O) groups excluding carboxylic acids is 1. The third-order valence-corrected chi connectivity index (χ3v) is 2.00. The largest absolute Gasteiger partial charge is 0.290 e. The highest BCUT2D eigenvalue weighted by molar-refractivity contribution is 5.99. The van der Waals surface area contributed by atoms with Gasteiger partial charge in [-0.2, -0.15) is 0 Å². The van der Waals surface area contributed by atoms with Crippen LogP contribution in [0, 0.1) is 0 Å². The molecule has 0 spiro atoms. The van der Waals surface area contributed by atoms with Crippen LogP contribution in [0.15, 0.2) is 35.5 Å². The van der Waals surface area contributed by atoms with E-state index in [0.29, 0.717) is 0 Å². The van der Waals surface area contributed by atoms with Crippen molar-refractivity contribution < 1.29 is 4.79 Å². The van der Waals surface area contributed by atoms with Crippen LogP contribution in [0.3, 0.4) is 0 Å². The van der Waals surface area contributed by atoms with Gasteiger partial charge in [-0.1, -0.05) is 30.2 Å². The van der Waals surface area contributed by atoms with Gasteiger partial charge in [0, 0.05) is 0 Å². The summed E-state index contributed by atoms with van der Waals surface area (Å²) in [6.07, 6.45) is 10.4. The molecule has 0 rings (SSSR count). The Bertz CT molecular complexity index is 276. The topological polar surface area (TPSA) is 17.1 Å². The molecular formula is C14H22O. The zero-order valence-corrected chi connectivity index (χ0v) is 10.3. The van der Waals surface area contributed by atoms with Gasteiger partial charge in [-0.05, 0) is 52.2 Å². The van der Waals surface area contributed by atoms with Gasteiger partial charge in [0.15, 0.2) is 5.78 Å². The first kappa shape index (κ1) is 13.9. The Morgan fingerprint density at radius 3 is 2.40 bits per heavy atom. The van der Waals surface area contributed by atoms with Crippen molar-refractivity contribution in [2.24, 2.45) is 0 Å².